The van der Waals surface area contributed by atoms with E-state index in [4.69, 9.17) is 13.9 Å². The number of para-hydroxylation sites is 1. The highest BCUT2D eigenvalue weighted by atomic mass is 16.5. The molecular weight excluding hydrogens is 426 g/mol. The van der Waals surface area contributed by atoms with Crippen molar-refractivity contribution in [3.8, 4) is 22.8 Å². The van der Waals surface area contributed by atoms with Gasteiger partial charge in [0.2, 0.25) is 0 Å². The van der Waals surface area contributed by atoms with Crippen LogP contribution in [0.2, 0.25) is 0 Å². The average molecular weight is 458 g/mol. The number of hydrogen-bond acceptors (Lipinski definition) is 5. The van der Waals surface area contributed by atoms with Crippen molar-refractivity contribution in [3.05, 3.63) is 83.9 Å². The molecule has 176 valence electrons. The zero-order chi connectivity index (χ0) is 23.3. The molecule has 1 N–H and O–H groups in total. The molecule has 1 saturated heterocycles. The SMILES string of the molecule is COc1ccc(-c2oc3ccccc3c2C(O)c2ccc(OCCN3CCCCC3)cc2)cc1. The molecule has 1 aromatic heterocycles. The second kappa shape index (κ2) is 10.3. The smallest absolute Gasteiger partial charge is 0.141 e. The van der Waals surface area contributed by atoms with Crippen LogP contribution in [-0.2, 0) is 0 Å². The van der Waals surface area contributed by atoms with Crippen molar-refractivity contribution >= 4 is 11.0 Å². The van der Waals surface area contributed by atoms with Crippen LogP contribution in [0.5, 0.6) is 11.5 Å². The Hall–Kier alpha value is -3.28. The number of nitrogens with zero attached hydrogens (tertiary/aromatic N) is 1. The molecule has 3 aromatic carbocycles. The van der Waals surface area contributed by atoms with Crippen LogP contribution < -0.4 is 9.47 Å². The van der Waals surface area contributed by atoms with Gasteiger partial charge in [0.1, 0.15) is 35.6 Å². The van der Waals surface area contributed by atoms with Crippen LogP contribution in [0.15, 0.2) is 77.2 Å². The summed E-state index contributed by atoms with van der Waals surface area (Å²) in [4.78, 5) is 2.46. The zero-order valence-corrected chi connectivity index (χ0v) is 19.6. The van der Waals surface area contributed by atoms with Crippen LogP contribution >= 0.6 is 0 Å². The molecule has 0 aliphatic carbocycles. The van der Waals surface area contributed by atoms with Crippen LogP contribution in [0.4, 0.5) is 0 Å². The van der Waals surface area contributed by atoms with Crippen LogP contribution in [0, 0.1) is 0 Å². The lowest BCUT2D eigenvalue weighted by molar-refractivity contribution is 0.183. The zero-order valence-electron chi connectivity index (χ0n) is 19.6. The molecule has 1 atom stereocenters. The summed E-state index contributed by atoms with van der Waals surface area (Å²) in [5, 5.41) is 12.3. The van der Waals surface area contributed by atoms with Crippen LogP contribution in [0.25, 0.3) is 22.3 Å². The number of rotatable bonds is 8. The van der Waals surface area contributed by atoms with Crippen LogP contribution in [0.1, 0.15) is 36.5 Å². The van der Waals surface area contributed by atoms with Crippen LogP contribution in [0.3, 0.4) is 0 Å². The van der Waals surface area contributed by atoms with E-state index < -0.39 is 6.10 Å². The molecular formula is C29H31NO4. The maximum absolute atomic E-state index is 11.4. The van der Waals surface area contributed by atoms with Gasteiger partial charge in [-0.3, -0.25) is 4.90 Å². The molecule has 0 radical (unpaired) electrons. The van der Waals surface area contributed by atoms with Crippen molar-refractivity contribution in [2.75, 3.05) is 33.4 Å². The Balaban J connectivity index is 1.36. The number of hydrogen-bond donors (Lipinski definition) is 1. The molecule has 4 aromatic rings. The van der Waals surface area contributed by atoms with Crippen molar-refractivity contribution in [2.24, 2.45) is 0 Å². The minimum absolute atomic E-state index is 0.665. The van der Waals surface area contributed by atoms with Gasteiger partial charge < -0.3 is 19.0 Å². The number of fused-ring (bicyclic) bond motifs is 1. The van der Waals surface area contributed by atoms with E-state index in [9.17, 15) is 5.11 Å². The first-order chi connectivity index (χ1) is 16.7. The summed E-state index contributed by atoms with van der Waals surface area (Å²) in [5.74, 6) is 2.26. The van der Waals surface area contributed by atoms with Crippen molar-refractivity contribution in [3.63, 3.8) is 0 Å². The average Bonchev–Trinajstić information content (AvgIpc) is 3.29. The highest BCUT2D eigenvalue weighted by molar-refractivity contribution is 5.89. The van der Waals surface area contributed by atoms with Gasteiger partial charge in [0.05, 0.1) is 7.11 Å². The highest BCUT2D eigenvalue weighted by Gasteiger charge is 2.23. The minimum Gasteiger partial charge on any atom is -0.497 e. The van der Waals surface area contributed by atoms with Gasteiger partial charge >= 0.3 is 0 Å². The van der Waals surface area contributed by atoms with E-state index in [1.54, 1.807) is 7.11 Å². The van der Waals surface area contributed by atoms with E-state index in [1.807, 2.05) is 72.8 Å². The largest absolute Gasteiger partial charge is 0.497 e. The monoisotopic (exact) mass is 457 g/mol. The molecule has 1 unspecified atom stereocenters. The third-order valence-electron chi connectivity index (χ3n) is 6.58. The Kier molecular flexibility index (Phi) is 6.84. The Morgan fingerprint density at radius 3 is 2.32 bits per heavy atom. The van der Waals surface area contributed by atoms with Crippen molar-refractivity contribution < 1.29 is 19.0 Å². The fourth-order valence-corrected chi connectivity index (χ4v) is 4.68. The summed E-state index contributed by atoms with van der Waals surface area (Å²) in [5.41, 5.74) is 3.20. The number of aliphatic hydroxyl groups excluding tert-OH is 1. The van der Waals surface area contributed by atoms with Gasteiger partial charge in [-0.05, 0) is 74.0 Å². The van der Waals surface area contributed by atoms with Gasteiger partial charge in [-0.15, -0.1) is 0 Å². The molecule has 0 saturated carbocycles. The number of ether oxygens (including phenoxy) is 2. The third-order valence-corrected chi connectivity index (χ3v) is 6.58. The number of piperidine rings is 1. The first-order valence-electron chi connectivity index (χ1n) is 12.0. The topological polar surface area (TPSA) is 55.1 Å². The molecule has 5 heteroatoms. The summed E-state index contributed by atoms with van der Waals surface area (Å²) in [6.07, 6.45) is 3.08. The Morgan fingerprint density at radius 1 is 0.882 bits per heavy atom. The van der Waals surface area contributed by atoms with E-state index >= 15 is 0 Å². The normalized spacial score (nSPS) is 15.4. The maximum Gasteiger partial charge on any atom is 0.141 e. The van der Waals surface area contributed by atoms with E-state index in [-0.39, 0.29) is 0 Å². The fourth-order valence-electron chi connectivity index (χ4n) is 4.68. The summed E-state index contributed by atoms with van der Waals surface area (Å²) < 4.78 is 17.5. The molecule has 1 fully saturated rings. The Labute approximate surface area is 200 Å². The second-order valence-electron chi connectivity index (χ2n) is 8.79. The molecule has 2 heterocycles. The number of aliphatic hydroxyl groups is 1. The predicted molar refractivity (Wildman–Crippen MR) is 134 cm³/mol. The summed E-state index contributed by atoms with van der Waals surface area (Å²) in [6.45, 7) is 3.97. The molecule has 0 bridgehead atoms. The second-order valence-corrected chi connectivity index (χ2v) is 8.79. The molecule has 1 aliphatic heterocycles. The first kappa shape index (κ1) is 22.5. The summed E-state index contributed by atoms with van der Waals surface area (Å²) in [6, 6.07) is 23.2. The van der Waals surface area contributed by atoms with Crippen LogP contribution in [-0.4, -0.2) is 43.4 Å². The number of benzene rings is 3. The molecule has 5 nitrogen and oxygen atoms in total. The first-order valence-corrected chi connectivity index (χ1v) is 12.0. The molecule has 5 rings (SSSR count). The molecule has 0 spiro atoms. The van der Waals surface area contributed by atoms with E-state index in [2.05, 4.69) is 4.90 Å². The number of furan rings is 1. The highest BCUT2D eigenvalue weighted by Crippen LogP contribution is 2.40. The van der Waals surface area contributed by atoms with Gasteiger partial charge in [-0.2, -0.15) is 0 Å². The Morgan fingerprint density at radius 2 is 1.59 bits per heavy atom. The van der Waals surface area contributed by atoms with Gasteiger partial charge in [0.15, 0.2) is 0 Å². The lowest BCUT2D eigenvalue weighted by atomic mass is 9.96. The maximum atomic E-state index is 11.4. The van der Waals surface area contributed by atoms with E-state index in [0.717, 1.165) is 45.7 Å². The van der Waals surface area contributed by atoms with Crippen molar-refractivity contribution in [1.82, 2.24) is 4.90 Å². The third kappa shape index (κ3) is 4.81. The van der Waals surface area contributed by atoms with Gasteiger partial charge in [-0.1, -0.05) is 36.8 Å². The minimum atomic E-state index is -0.830. The number of likely N-dealkylation sites (tertiary alicyclic amines) is 1. The predicted octanol–water partition coefficient (Wildman–Crippen LogP) is 6.05. The standard InChI is InChI=1S/C29H31NO4/c1-32-23-13-11-22(12-14-23)29-27(25-7-3-4-8-26(25)34-29)28(31)21-9-15-24(16-10-21)33-20-19-30-17-5-2-6-18-30/h3-4,7-16,28,31H,2,5-6,17-20H2,1H3. The Bertz CT molecular complexity index is 1210. The molecule has 0 amide bonds. The van der Waals surface area contributed by atoms with Gasteiger partial charge in [-0.25, -0.2) is 0 Å². The summed E-state index contributed by atoms with van der Waals surface area (Å²) >= 11 is 0. The lowest BCUT2D eigenvalue weighted by Gasteiger charge is -2.26. The van der Waals surface area contributed by atoms with Crippen molar-refractivity contribution in [1.29, 1.82) is 0 Å². The van der Waals surface area contributed by atoms with Gasteiger partial charge in [0.25, 0.3) is 0 Å². The fraction of sp³-hybridized carbons (Fsp3) is 0.310. The van der Waals surface area contributed by atoms with E-state index in [1.165, 1.54) is 32.4 Å². The molecule has 1 aliphatic rings. The summed E-state index contributed by atoms with van der Waals surface area (Å²) in [7, 11) is 1.65. The van der Waals surface area contributed by atoms with E-state index in [0.29, 0.717) is 12.4 Å². The molecule has 34 heavy (non-hydrogen) atoms. The quantitative estimate of drug-likeness (QED) is 0.349. The van der Waals surface area contributed by atoms with Gasteiger partial charge in [0, 0.05) is 23.1 Å². The number of methoxy groups -OCH3 is 1. The lowest BCUT2D eigenvalue weighted by Crippen LogP contribution is -2.33. The van der Waals surface area contributed by atoms with Crippen molar-refractivity contribution in [2.45, 2.75) is 25.4 Å².